The number of hydrogen-bond acceptors (Lipinski definition) is 5. The van der Waals surface area contributed by atoms with Gasteiger partial charge in [0.25, 0.3) is 0 Å². The van der Waals surface area contributed by atoms with Crippen LogP contribution in [-0.2, 0) is 12.8 Å². The van der Waals surface area contributed by atoms with Crippen LogP contribution in [0.1, 0.15) is 69.4 Å². The summed E-state index contributed by atoms with van der Waals surface area (Å²) >= 11 is 0. The highest BCUT2D eigenvalue weighted by Crippen LogP contribution is 2.41. The molecule has 188 valence electrons. The fourth-order valence-electron chi connectivity index (χ4n) is 6.75. The van der Waals surface area contributed by atoms with E-state index in [1.807, 2.05) is 24.8 Å². The van der Waals surface area contributed by atoms with Crippen molar-refractivity contribution in [1.82, 2.24) is 35.1 Å². The minimum atomic E-state index is 0.488. The Bertz CT molecular complexity index is 768. The van der Waals surface area contributed by atoms with Gasteiger partial charge >= 0.3 is 0 Å². The number of nitrogens with one attached hydrogen (secondary N) is 3. The van der Waals surface area contributed by atoms with E-state index in [-0.39, 0.29) is 0 Å². The van der Waals surface area contributed by atoms with Crippen LogP contribution in [0.4, 0.5) is 0 Å². The van der Waals surface area contributed by atoms with Crippen LogP contribution >= 0.6 is 0 Å². The first-order chi connectivity index (χ1) is 16.8. The molecule has 2 aromatic heterocycles. The van der Waals surface area contributed by atoms with Gasteiger partial charge in [0.05, 0.1) is 0 Å². The molecule has 1 aliphatic carbocycles. The first-order valence-electron chi connectivity index (χ1n) is 13.9. The van der Waals surface area contributed by atoms with Crippen LogP contribution in [0.25, 0.3) is 0 Å². The van der Waals surface area contributed by atoms with Gasteiger partial charge in [0, 0.05) is 50.2 Å². The number of nitrogens with zero attached hydrogens (tertiary/aromatic N) is 4. The number of rotatable bonds is 11. The third-order valence-electron chi connectivity index (χ3n) is 8.80. The Morgan fingerprint density at radius 2 is 1.62 bits per heavy atom. The molecule has 7 heteroatoms. The second-order valence-corrected chi connectivity index (χ2v) is 11.3. The molecule has 3 N–H and O–H groups in total. The Balaban J connectivity index is 0.992. The van der Waals surface area contributed by atoms with Gasteiger partial charge in [0.1, 0.15) is 11.6 Å². The van der Waals surface area contributed by atoms with E-state index in [4.69, 9.17) is 0 Å². The second-order valence-electron chi connectivity index (χ2n) is 11.3. The van der Waals surface area contributed by atoms with Gasteiger partial charge in [-0.1, -0.05) is 19.3 Å². The van der Waals surface area contributed by atoms with Gasteiger partial charge in [-0.3, -0.25) is 0 Å². The van der Waals surface area contributed by atoms with Crippen molar-refractivity contribution in [3.63, 3.8) is 0 Å². The summed E-state index contributed by atoms with van der Waals surface area (Å²) in [5.41, 5.74) is 0.621. The zero-order chi connectivity index (χ0) is 23.1. The van der Waals surface area contributed by atoms with E-state index in [2.05, 4.69) is 35.1 Å². The lowest BCUT2D eigenvalue weighted by atomic mass is 9.77. The van der Waals surface area contributed by atoms with Gasteiger partial charge in [-0.05, 0) is 89.1 Å². The molecule has 5 rings (SSSR count). The third kappa shape index (κ3) is 6.49. The van der Waals surface area contributed by atoms with Crippen LogP contribution in [-0.4, -0.2) is 81.6 Å². The predicted molar refractivity (Wildman–Crippen MR) is 137 cm³/mol. The van der Waals surface area contributed by atoms with E-state index in [0.29, 0.717) is 11.3 Å². The minimum Gasteiger partial charge on any atom is -0.349 e. The molecule has 0 amide bonds. The second kappa shape index (κ2) is 11.8. The molecule has 4 heterocycles. The fourth-order valence-corrected chi connectivity index (χ4v) is 6.75. The van der Waals surface area contributed by atoms with Crippen LogP contribution in [0.2, 0.25) is 0 Å². The van der Waals surface area contributed by atoms with E-state index in [9.17, 15) is 0 Å². The number of aromatic amines is 2. The van der Waals surface area contributed by atoms with E-state index in [0.717, 1.165) is 43.6 Å². The Kier molecular flexibility index (Phi) is 8.35. The third-order valence-corrected chi connectivity index (χ3v) is 8.80. The maximum atomic E-state index is 4.43. The summed E-state index contributed by atoms with van der Waals surface area (Å²) in [6.07, 6.45) is 22.2. The number of likely N-dealkylation sites (tertiary alicyclic amines) is 2. The van der Waals surface area contributed by atoms with Crippen LogP contribution < -0.4 is 5.32 Å². The predicted octanol–water partition coefficient (Wildman–Crippen LogP) is 3.63. The quantitative estimate of drug-likeness (QED) is 0.440. The monoisotopic (exact) mass is 467 g/mol. The van der Waals surface area contributed by atoms with E-state index >= 15 is 0 Å². The van der Waals surface area contributed by atoms with Gasteiger partial charge < -0.3 is 25.1 Å². The van der Waals surface area contributed by atoms with Crippen molar-refractivity contribution in [2.24, 2.45) is 11.3 Å². The van der Waals surface area contributed by atoms with E-state index < -0.39 is 0 Å². The Hall–Kier alpha value is -1.70. The molecule has 2 aliphatic heterocycles. The lowest BCUT2D eigenvalue weighted by Crippen LogP contribution is -2.46. The zero-order valence-electron chi connectivity index (χ0n) is 21.0. The molecule has 0 atom stereocenters. The summed E-state index contributed by atoms with van der Waals surface area (Å²) in [7, 11) is 0. The number of imidazole rings is 2. The lowest BCUT2D eigenvalue weighted by molar-refractivity contribution is 0.0619. The standard InChI is InChI=1S/C27H45N7/c1-2-5-24(6-3-1)34-17-8-27(9-18-34)7-16-33(22-27)15-4-10-28-21-23(19-25-29-11-12-30-25)20-26-31-13-14-32-26/h11-14,23-24,28H,1-10,15-22H2,(H,29,30)(H,31,32). The van der Waals surface area contributed by atoms with E-state index in [1.165, 1.54) is 90.5 Å². The largest absolute Gasteiger partial charge is 0.349 e. The number of aromatic nitrogens is 4. The highest BCUT2D eigenvalue weighted by atomic mass is 15.2. The van der Waals surface area contributed by atoms with Crippen molar-refractivity contribution in [2.45, 2.75) is 76.7 Å². The smallest absolute Gasteiger partial charge is 0.106 e. The lowest BCUT2D eigenvalue weighted by Gasteiger charge is -2.44. The molecule has 0 radical (unpaired) electrons. The molecule has 1 spiro atoms. The molecule has 3 fully saturated rings. The summed E-state index contributed by atoms with van der Waals surface area (Å²) in [6, 6.07) is 0.902. The van der Waals surface area contributed by atoms with Gasteiger partial charge in [0.15, 0.2) is 0 Å². The fraction of sp³-hybridized carbons (Fsp3) is 0.778. The summed E-state index contributed by atoms with van der Waals surface area (Å²) in [4.78, 5) is 21.0. The molecule has 2 saturated heterocycles. The number of piperidine rings is 1. The molecule has 34 heavy (non-hydrogen) atoms. The van der Waals surface area contributed by atoms with Crippen molar-refractivity contribution in [2.75, 3.05) is 45.8 Å². The van der Waals surface area contributed by atoms with Gasteiger partial charge in [-0.2, -0.15) is 0 Å². The number of hydrogen-bond donors (Lipinski definition) is 3. The first-order valence-corrected chi connectivity index (χ1v) is 13.9. The van der Waals surface area contributed by atoms with Crippen molar-refractivity contribution in [1.29, 1.82) is 0 Å². The molecule has 1 saturated carbocycles. The normalized spacial score (nSPS) is 22.3. The Morgan fingerprint density at radius 1 is 0.941 bits per heavy atom. The highest BCUT2D eigenvalue weighted by Gasteiger charge is 2.41. The van der Waals surface area contributed by atoms with E-state index in [1.54, 1.807) is 0 Å². The van der Waals surface area contributed by atoms with Gasteiger partial charge in [-0.25, -0.2) is 9.97 Å². The average Bonchev–Trinajstić information content (AvgIpc) is 3.64. The maximum Gasteiger partial charge on any atom is 0.106 e. The van der Waals surface area contributed by atoms with Crippen molar-refractivity contribution < 1.29 is 0 Å². The maximum absolute atomic E-state index is 4.43. The SMILES string of the molecule is c1c[nH]c(CC(CNCCCN2CCC3(CCN(C4CCCCC4)CC3)C2)Cc2ncc[nH]2)n1. The summed E-state index contributed by atoms with van der Waals surface area (Å²) in [5, 5.41) is 3.73. The van der Waals surface area contributed by atoms with Crippen molar-refractivity contribution in [3.8, 4) is 0 Å². The molecule has 0 unspecified atom stereocenters. The van der Waals surface area contributed by atoms with Crippen molar-refractivity contribution >= 4 is 0 Å². The Labute approximate surface area is 205 Å². The molecule has 0 aromatic carbocycles. The van der Waals surface area contributed by atoms with Crippen LogP contribution in [0.15, 0.2) is 24.8 Å². The van der Waals surface area contributed by atoms with Crippen LogP contribution in [0.5, 0.6) is 0 Å². The summed E-state index contributed by atoms with van der Waals surface area (Å²) < 4.78 is 0. The molecule has 0 bridgehead atoms. The van der Waals surface area contributed by atoms with Crippen LogP contribution in [0, 0.1) is 11.3 Å². The average molecular weight is 468 g/mol. The van der Waals surface area contributed by atoms with Gasteiger partial charge in [0.2, 0.25) is 0 Å². The Morgan fingerprint density at radius 3 is 2.26 bits per heavy atom. The highest BCUT2D eigenvalue weighted by molar-refractivity contribution is 4.96. The van der Waals surface area contributed by atoms with Crippen molar-refractivity contribution in [3.05, 3.63) is 36.4 Å². The minimum absolute atomic E-state index is 0.488. The van der Waals surface area contributed by atoms with Crippen LogP contribution in [0.3, 0.4) is 0 Å². The molecule has 7 nitrogen and oxygen atoms in total. The first kappa shape index (κ1) is 24.0. The molecule has 2 aromatic rings. The molecular formula is C27H45N7. The molecule has 3 aliphatic rings. The topological polar surface area (TPSA) is 75.9 Å². The summed E-state index contributed by atoms with van der Waals surface area (Å²) in [6.45, 7) is 8.68. The summed E-state index contributed by atoms with van der Waals surface area (Å²) in [5.74, 6) is 2.62. The van der Waals surface area contributed by atoms with Gasteiger partial charge in [-0.15, -0.1) is 0 Å². The zero-order valence-corrected chi connectivity index (χ0v) is 21.0. The molecular weight excluding hydrogens is 422 g/mol. The number of H-pyrrole nitrogens is 2.